The van der Waals surface area contributed by atoms with Crippen molar-refractivity contribution in [2.45, 2.75) is 26.7 Å². The normalized spacial score (nSPS) is 10.6. The molecule has 134 valence electrons. The van der Waals surface area contributed by atoms with Gasteiger partial charge in [0.25, 0.3) is 0 Å². The Morgan fingerprint density at radius 1 is 1.15 bits per heavy atom. The molecule has 3 rings (SSSR count). The Morgan fingerprint density at radius 2 is 1.92 bits per heavy atom. The summed E-state index contributed by atoms with van der Waals surface area (Å²) in [7, 11) is 1.63. The quantitative estimate of drug-likeness (QED) is 0.738. The maximum Gasteiger partial charge on any atom is 0.225 e. The Labute approximate surface area is 152 Å². The van der Waals surface area contributed by atoms with Crippen LogP contribution < -0.4 is 10.1 Å². The van der Waals surface area contributed by atoms with E-state index in [2.05, 4.69) is 20.4 Å². The van der Waals surface area contributed by atoms with Crippen molar-refractivity contribution in [3.05, 3.63) is 59.7 Å². The molecule has 7 nitrogen and oxygen atoms in total. The average Bonchev–Trinajstić information content (AvgIpc) is 2.99. The van der Waals surface area contributed by atoms with Crippen LogP contribution in [0.5, 0.6) is 5.75 Å². The third kappa shape index (κ3) is 4.24. The molecule has 0 bridgehead atoms. The summed E-state index contributed by atoms with van der Waals surface area (Å²) in [5, 5.41) is 7.21. The zero-order valence-electron chi connectivity index (χ0n) is 15.1. The van der Waals surface area contributed by atoms with E-state index in [1.165, 1.54) is 6.33 Å². The molecule has 0 radical (unpaired) electrons. The zero-order valence-corrected chi connectivity index (χ0v) is 15.1. The van der Waals surface area contributed by atoms with Gasteiger partial charge < -0.3 is 10.1 Å². The molecule has 0 aliphatic carbocycles. The molecule has 1 amide bonds. The van der Waals surface area contributed by atoms with Crippen molar-refractivity contribution in [1.82, 2.24) is 19.7 Å². The second kappa shape index (κ2) is 7.77. The molecule has 0 saturated heterocycles. The van der Waals surface area contributed by atoms with Gasteiger partial charge in [-0.15, -0.1) is 0 Å². The molecule has 0 aliphatic rings. The van der Waals surface area contributed by atoms with Crippen LogP contribution in [0, 0.1) is 13.8 Å². The van der Waals surface area contributed by atoms with Crippen LogP contribution in [-0.4, -0.2) is 32.8 Å². The lowest BCUT2D eigenvalue weighted by atomic mass is 10.1. The van der Waals surface area contributed by atoms with Gasteiger partial charge in [-0.25, -0.2) is 14.6 Å². The minimum absolute atomic E-state index is 0.0983. The number of benzene rings is 1. The highest BCUT2D eigenvalue weighted by Gasteiger charge is 2.09. The third-order valence-corrected chi connectivity index (χ3v) is 3.95. The predicted molar refractivity (Wildman–Crippen MR) is 98.6 cm³/mol. The fourth-order valence-electron chi connectivity index (χ4n) is 2.65. The lowest BCUT2D eigenvalue weighted by molar-refractivity contribution is -0.116. The summed E-state index contributed by atoms with van der Waals surface area (Å²) < 4.78 is 6.86. The van der Waals surface area contributed by atoms with Gasteiger partial charge in [0, 0.05) is 18.2 Å². The Balaban J connectivity index is 1.62. The van der Waals surface area contributed by atoms with E-state index >= 15 is 0 Å². The van der Waals surface area contributed by atoms with E-state index in [1.807, 2.05) is 44.2 Å². The first-order chi connectivity index (χ1) is 12.5. The summed E-state index contributed by atoms with van der Waals surface area (Å²) in [5.41, 5.74) is 2.95. The second-order valence-electron chi connectivity index (χ2n) is 6.00. The fraction of sp³-hybridized carbons (Fsp3) is 0.263. The van der Waals surface area contributed by atoms with Gasteiger partial charge in [0.05, 0.1) is 12.8 Å². The van der Waals surface area contributed by atoms with Gasteiger partial charge in [-0.3, -0.25) is 4.79 Å². The lowest BCUT2D eigenvalue weighted by Crippen LogP contribution is -2.14. The molecular weight excluding hydrogens is 330 g/mol. The number of anilines is 1. The Kier molecular flexibility index (Phi) is 5.26. The van der Waals surface area contributed by atoms with Gasteiger partial charge in [-0.2, -0.15) is 5.10 Å². The highest BCUT2D eigenvalue weighted by molar-refractivity contribution is 5.90. The van der Waals surface area contributed by atoms with Gasteiger partial charge in [0.1, 0.15) is 17.9 Å². The van der Waals surface area contributed by atoms with Gasteiger partial charge in [-0.1, -0.05) is 12.1 Å². The second-order valence-corrected chi connectivity index (χ2v) is 6.00. The number of rotatable bonds is 6. The molecule has 0 fully saturated rings. The van der Waals surface area contributed by atoms with Crippen LogP contribution in [0.3, 0.4) is 0 Å². The molecular formula is C19H21N5O2. The summed E-state index contributed by atoms with van der Waals surface area (Å²) in [6.45, 7) is 3.88. The van der Waals surface area contributed by atoms with Gasteiger partial charge in [0.15, 0.2) is 5.82 Å². The van der Waals surface area contributed by atoms with E-state index < -0.39 is 0 Å². The van der Waals surface area contributed by atoms with E-state index in [1.54, 1.807) is 17.9 Å². The van der Waals surface area contributed by atoms with Crippen molar-refractivity contribution in [3.63, 3.8) is 0 Å². The number of carbonyl (C=O) groups is 1. The molecule has 0 spiro atoms. The molecule has 0 unspecified atom stereocenters. The SMILES string of the molecule is COc1ccc(CCC(=O)Nc2cc(-n3nc(C)cc3C)ncn2)cc1. The van der Waals surface area contributed by atoms with Crippen molar-refractivity contribution >= 4 is 11.7 Å². The Hall–Kier alpha value is -3.22. The zero-order chi connectivity index (χ0) is 18.5. The molecule has 7 heteroatoms. The summed E-state index contributed by atoms with van der Waals surface area (Å²) in [6, 6.07) is 11.4. The number of nitrogens with one attached hydrogen (secondary N) is 1. The highest BCUT2D eigenvalue weighted by Crippen LogP contribution is 2.14. The molecule has 26 heavy (non-hydrogen) atoms. The Bertz CT molecular complexity index is 903. The van der Waals surface area contributed by atoms with Gasteiger partial charge in [-0.05, 0) is 44.0 Å². The van der Waals surface area contributed by atoms with Crippen molar-refractivity contribution < 1.29 is 9.53 Å². The van der Waals surface area contributed by atoms with E-state index in [-0.39, 0.29) is 5.91 Å². The van der Waals surface area contributed by atoms with Crippen LogP contribution in [0.25, 0.3) is 5.82 Å². The molecule has 0 aliphatic heterocycles. The number of hydrogen-bond donors (Lipinski definition) is 1. The van der Waals surface area contributed by atoms with Gasteiger partial charge >= 0.3 is 0 Å². The average molecular weight is 351 g/mol. The van der Waals surface area contributed by atoms with Crippen molar-refractivity contribution in [2.24, 2.45) is 0 Å². The van der Waals surface area contributed by atoms with Crippen LogP contribution in [0.1, 0.15) is 23.4 Å². The van der Waals surface area contributed by atoms with E-state index in [4.69, 9.17) is 4.74 Å². The molecule has 1 aromatic carbocycles. The van der Waals surface area contributed by atoms with Crippen LogP contribution in [0.2, 0.25) is 0 Å². The summed E-state index contributed by atoms with van der Waals surface area (Å²) in [4.78, 5) is 20.6. The minimum Gasteiger partial charge on any atom is -0.497 e. The number of nitrogens with zero attached hydrogens (tertiary/aromatic N) is 4. The number of hydrogen-bond acceptors (Lipinski definition) is 5. The summed E-state index contributed by atoms with van der Waals surface area (Å²) in [5.74, 6) is 1.79. The van der Waals surface area contributed by atoms with Crippen LogP contribution in [0.4, 0.5) is 5.82 Å². The summed E-state index contributed by atoms with van der Waals surface area (Å²) in [6.07, 6.45) is 2.43. The molecule has 2 aromatic heterocycles. The number of methoxy groups -OCH3 is 1. The van der Waals surface area contributed by atoms with E-state index in [9.17, 15) is 4.79 Å². The predicted octanol–water partition coefficient (Wildman–Crippen LogP) is 2.86. The maximum atomic E-state index is 12.2. The summed E-state index contributed by atoms with van der Waals surface area (Å²) >= 11 is 0. The van der Waals surface area contributed by atoms with Crippen molar-refractivity contribution in [1.29, 1.82) is 0 Å². The number of amides is 1. The fourth-order valence-corrected chi connectivity index (χ4v) is 2.65. The smallest absolute Gasteiger partial charge is 0.225 e. The number of carbonyl (C=O) groups excluding carboxylic acids is 1. The first kappa shape index (κ1) is 17.6. The molecule has 3 aromatic rings. The van der Waals surface area contributed by atoms with Crippen LogP contribution in [0.15, 0.2) is 42.7 Å². The lowest BCUT2D eigenvalue weighted by Gasteiger charge is -2.07. The molecule has 0 atom stereocenters. The number of ether oxygens (including phenoxy) is 1. The van der Waals surface area contributed by atoms with Gasteiger partial charge in [0.2, 0.25) is 5.91 Å². The highest BCUT2D eigenvalue weighted by atomic mass is 16.5. The van der Waals surface area contributed by atoms with Crippen LogP contribution >= 0.6 is 0 Å². The number of aryl methyl sites for hydroxylation is 3. The van der Waals surface area contributed by atoms with E-state index in [0.29, 0.717) is 24.5 Å². The topological polar surface area (TPSA) is 81.9 Å². The monoisotopic (exact) mass is 351 g/mol. The van der Waals surface area contributed by atoms with Crippen LogP contribution in [-0.2, 0) is 11.2 Å². The van der Waals surface area contributed by atoms with Crippen molar-refractivity contribution in [2.75, 3.05) is 12.4 Å². The molecule has 1 N–H and O–H groups in total. The maximum absolute atomic E-state index is 12.2. The minimum atomic E-state index is -0.0983. The molecule has 2 heterocycles. The third-order valence-electron chi connectivity index (χ3n) is 3.95. The Morgan fingerprint density at radius 3 is 2.58 bits per heavy atom. The van der Waals surface area contributed by atoms with Crippen molar-refractivity contribution in [3.8, 4) is 11.6 Å². The van der Waals surface area contributed by atoms with E-state index in [0.717, 1.165) is 22.7 Å². The standard InChI is InChI=1S/C19H21N5O2/c1-13-10-14(2)24(23-13)18-11-17(20-12-21-18)22-19(25)9-6-15-4-7-16(26-3)8-5-15/h4-5,7-8,10-12H,6,9H2,1-3H3,(H,20,21,22,25). The largest absolute Gasteiger partial charge is 0.497 e. The molecule has 0 saturated carbocycles. The first-order valence-corrected chi connectivity index (χ1v) is 8.33. The number of aromatic nitrogens is 4. The first-order valence-electron chi connectivity index (χ1n) is 8.33.